The first-order valence-electron chi connectivity index (χ1n) is 5.20. The molecule has 1 heterocycles. The lowest BCUT2D eigenvalue weighted by Gasteiger charge is -2.39. The molecule has 0 N–H and O–H groups in total. The molecule has 1 fully saturated rings. The van der Waals surface area contributed by atoms with E-state index in [-0.39, 0.29) is 25.0 Å². The molecule has 86 valence electrons. The Balaban J connectivity index is 2.31. The van der Waals surface area contributed by atoms with Gasteiger partial charge in [-0.1, -0.05) is 12.1 Å². The lowest BCUT2D eigenvalue weighted by Crippen LogP contribution is -2.53. The van der Waals surface area contributed by atoms with Crippen LogP contribution >= 0.6 is 0 Å². The first kappa shape index (κ1) is 11.1. The van der Waals surface area contributed by atoms with E-state index >= 15 is 0 Å². The normalized spacial score (nSPS) is 17.6. The fourth-order valence-corrected chi connectivity index (χ4v) is 1.76. The van der Waals surface area contributed by atoms with Crippen LogP contribution in [0.3, 0.4) is 0 Å². The van der Waals surface area contributed by atoms with E-state index in [2.05, 4.69) is 0 Å². The van der Waals surface area contributed by atoms with Crippen LogP contribution in [0, 0.1) is 5.82 Å². The topological polar surface area (TPSA) is 35.5 Å². The van der Waals surface area contributed by atoms with Crippen LogP contribution in [0.25, 0.3) is 0 Å². The predicted molar refractivity (Wildman–Crippen MR) is 55.5 cm³/mol. The Morgan fingerprint density at radius 1 is 1.56 bits per heavy atom. The van der Waals surface area contributed by atoms with Crippen molar-refractivity contribution in [3.05, 3.63) is 35.6 Å². The average molecular weight is 224 g/mol. The molecule has 0 amide bonds. The van der Waals surface area contributed by atoms with Gasteiger partial charge in [0.25, 0.3) is 0 Å². The second kappa shape index (κ2) is 4.22. The molecular weight excluding hydrogens is 211 g/mol. The summed E-state index contributed by atoms with van der Waals surface area (Å²) in [5.74, 6) is -0.695. The van der Waals surface area contributed by atoms with Crippen LogP contribution < -0.4 is 0 Å². The van der Waals surface area contributed by atoms with Crippen LogP contribution in [-0.4, -0.2) is 25.8 Å². The van der Waals surface area contributed by atoms with Crippen LogP contribution in [-0.2, 0) is 19.7 Å². The lowest BCUT2D eigenvalue weighted by atomic mass is 9.78. The summed E-state index contributed by atoms with van der Waals surface area (Å²) < 4.78 is 23.2. The molecule has 3 nitrogen and oxygen atoms in total. The van der Waals surface area contributed by atoms with Crippen molar-refractivity contribution in [3.63, 3.8) is 0 Å². The molecule has 0 unspecified atom stereocenters. The van der Waals surface area contributed by atoms with Crippen molar-refractivity contribution in [3.8, 4) is 0 Å². The van der Waals surface area contributed by atoms with Crippen molar-refractivity contribution in [2.75, 3.05) is 19.8 Å². The molecule has 1 aliphatic heterocycles. The zero-order valence-corrected chi connectivity index (χ0v) is 9.03. The molecule has 16 heavy (non-hydrogen) atoms. The highest BCUT2D eigenvalue weighted by Crippen LogP contribution is 2.34. The largest absolute Gasteiger partial charge is 0.465 e. The monoisotopic (exact) mass is 224 g/mol. The molecule has 0 bridgehead atoms. The van der Waals surface area contributed by atoms with E-state index in [4.69, 9.17) is 9.47 Å². The van der Waals surface area contributed by atoms with Crippen molar-refractivity contribution in [2.45, 2.75) is 12.3 Å². The summed E-state index contributed by atoms with van der Waals surface area (Å²) in [6.45, 7) is 2.58. The average Bonchev–Trinajstić information content (AvgIpc) is 2.16. The van der Waals surface area contributed by atoms with Crippen molar-refractivity contribution < 1.29 is 18.7 Å². The molecule has 0 atom stereocenters. The van der Waals surface area contributed by atoms with Gasteiger partial charge in [-0.2, -0.15) is 0 Å². The number of hydrogen-bond donors (Lipinski definition) is 0. The summed E-state index contributed by atoms with van der Waals surface area (Å²) in [4.78, 5) is 11.8. The van der Waals surface area contributed by atoms with E-state index in [0.29, 0.717) is 12.2 Å². The molecule has 0 aromatic heterocycles. The molecule has 0 radical (unpaired) electrons. The molecule has 1 aliphatic rings. The van der Waals surface area contributed by atoms with E-state index in [1.807, 2.05) is 0 Å². The third-order valence-corrected chi connectivity index (χ3v) is 2.74. The number of esters is 1. The van der Waals surface area contributed by atoms with Crippen molar-refractivity contribution in [1.29, 1.82) is 0 Å². The third kappa shape index (κ3) is 1.69. The Kier molecular flexibility index (Phi) is 2.92. The number of hydrogen-bond acceptors (Lipinski definition) is 3. The number of benzene rings is 1. The van der Waals surface area contributed by atoms with Gasteiger partial charge in [-0.05, 0) is 24.6 Å². The zero-order chi connectivity index (χ0) is 11.6. The summed E-state index contributed by atoms with van der Waals surface area (Å²) in [6.07, 6.45) is 0. The Hall–Kier alpha value is -1.42. The molecule has 0 aliphatic carbocycles. The van der Waals surface area contributed by atoms with Crippen LogP contribution in [0.4, 0.5) is 4.39 Å². The van der Waals surface area contributed by atoms with Crippen molar-refractivity contribution >= 4 is 5.97 Å². The maximum Gasteiger partial charge on any atom is 0.321 e. The Morgan fingerprint density at radius 3 is 2.81 bits per heavy atom. The smallest absolute Gasteiger partial charge is 0.321 e. The van der Waals surface area contributed by atoms with Gasteiger partial charge >= 0.3 is 5.97 Å². The number of ether oxygens (including phenoxy) is 2. The van der Waals surface area contributed by atoms with Gasteiger partial charge in [-0.25, -0.2) is 4.39 Å². The standard InChI is InChI=1S/C12H13FO3/c1-2-16-11(14)12(7-15-8-12)9-4-3-5-10(13)6-9/h3-6H,2,7-8H2,1H3. The second-order valence-electron chi connectivity index (χ2n) is 3.81. The van der Waals surface area contributed by atoms with Gasteiger partial charge in [0, 0.05) is 0 Å². The third-order valence-electron chi connectivity index (χ3n) is 2.74. The summed E-state index contributed by atoms with van der Waals surface area (Å²) in [5, 5.41) is 0. The fourth-order valence-electron chi connectivity index (χ4n) is 1.76. The molecule has 0 spiro atoms. The van der Waals surface area contributed by atoms with Crippen LogP contribution in [0.1, 0.15) is 12.5 Å². The minimum atomic E-state index is -0.807. The summed E-state index contributed by atoms with van der Waals surface area (Å²) in [7, 11) is 0. The highest BCUT2D eigenvalue weighted by molar-refractivity contribution is 5.84. The number of carbonyl (C=O) groups excluding carboxylic acids is 1. The van der Waals surface area contributed by atoms with E-state index < -0.39 is 5.41 Å². The number of carbonyl (C=O) groups is 1. The number of rotatable bonds is 3. The second-order valence-corrected chi connectivity index (χ2v) is 3.81. The minimum Gasteiger partial charge on any atom is -0.465 e. The first-order chi connectivity index (χ1) is 7.69. The van der Waals surface area contributed by atoms with E-state index in [0.717, 1.165) is 0 Å². The Labute approximate surface area is 93.2 Å². The van der Waals surface area contributed by atoms with E-state index in [1.54, 1.807) is 19.1 Å². The number of halogens is 1. The van der Waals surface area contributed by atoms with Gasteiger partial charge in [0.1, 0.15) is 11.2 Å². The van der Waals surface area contributed by atoms with Crippen molar-refractivity contribution in [2.24, 2.45) is 0 Å². The summed E-state index contributed by atoms with van der Waals surface area (Å²) in [5.41, 5.74) is -0.185. The van der Waals surface area contributed by atoms with Gasteiger partial charge in [-0.3, -0.25) is 4.79 Å². The molecule has 1 saturated heterocycles. The van der Waals surface area contributed by atoms with Gasteiger partial charge in [0.2, 0.25) is 0 Å². The van der Waals surface area contributed by atoms with Crippen LogP contribution in [0.5, 0.6) is 0 Å². The van der Waals surface area contributed by atoms with Gasteiger partial charge in [-0.15, -0.1) is 0 Å². The molecular formula is C12H13FO3. The molecule has 1 aromatic rings. The Bertz CT molecular complexity index is 399. The summed E-state index contributed by atoms with van der Waals surface area (Å²) in [6, 6.07) is 6.02. The lowest BCUT2D eigenvalue weighted by molar-refractivity contribution is -0.169. The molecule has 1 aromatic carbocycles. The maximum atomic E-state index is 13.1. The highest BCUT2D eigenvalue weighted by atomic mass is 19.1. The van der Waals surface area contributed by atoms with E-state index in [1.165, 1.54) is 12.1 Å². The minimum absolute atomic E-state index is 0.259. The predicted octanol–water partition coefficient (Wildman–Crippen LogP) is 1.66. The van der Waals surface area contributed by atoms with Crippen LogP contribution in [0.15, 0.2) is 24.3 Å². The van der Waals surface area contributed by atoms with Gasteiger partial charge < -0.3 is 9.47 Å². The molecule has 4 heteroatoms. The SMILES string of the molecule is CCOC(=O)C1(c2cccc(F)c2)COC1. The molecule has 2 rings (SSSR count). The Morgan fingerprint density at radius 2 is 2.31 bits per heavy atom. The molecule has 0 saturated carbocycles. The van der Waals surface area contributed by atoms with E-state index in [9.17, 15) is 9.18 Å². The summed E-state index contributed by atoms with van der Waals surface area (Å²) >= 11 is 0. The maximum absolute atomic E-state index is 13.1. The van der Waals surface area contributed by atoms with Gasteiger partial charge in [0.05, 0.1) is 19.8 Å². The van der Waals surface area contributed by atoms with Crippen LogP contribution in [0.2, 0.25) is 0 Å². The zero-order valence-electron chi connectivity index (χ0n) is 9.03. The first-order valence-corrected chi connectivity index (χ1v) is 5.20. The van der Waals surface area contributed by atoms with Crippen molar-refractivity contribution in [1.82, 2.24) is 0 Å². The quantitative estimate of drug-likeness (QED) is 0.732. The van der Waals surface area contributed by atoms with Gasteiger partial charge in [0.15, 0.2) is 0 Å². The fraction of sp³-hybridized carbons (Fsp3) is 0.417. The highest BCUT2D eigenvalue weighted by Gasteiger charge is 2.49.